The van der Waals surface area contributed by atoms with Crippen molar-refractivity contribution in [3.05, 3.63) is 22.7 Å². The Bertz CT molecular complexity index is 598. The monoisotopic (exact) mass is 340 g/mol. The van der Waals surface area contributed by atoms with Gasteiger partial charge in [-0.2, -0.15) is 0 Å². The van der Waals surface area contributed by atoms with Crippen LogP contribution in [0.5, 0.6) is 11.5 Å². The molecular weight excluding hydrogens is 320 g/mol. The summed E-state index contributed by atoms with van der Waals surface area (Å²) in [6, 6.07) is 3.20. The normalized spacial score (nSPS) is 15.2. The number of nitrogens with zero attached hydrogens (tertiary/aromatic N) is 1. The summed E-state index contributed by atoms with van der Waals surface area (Å²) in [6.07, 6.45) is 1.32. The number of hydrogen-bond donors (Lipinski definition) is 1. The van der Waals surface area contributed by atoms with Crippen LogP contribution in [-0.2, 0) is 4.79 Å². The third-order valence-electron chi connectivity index (χ3n) is 4.08. The highest BCUT2D eigenvalue weighted by Gasteiger charge is 2.28. The Morgan fingerprint density at radius 1 is 1.22 bits per heavy atom. The van der Waals surface area contributed by atoms with E-state index in [2.05, 4.69) is 5.32 Å². The molecule has 2 rings (SSSR count). The van der Waals surface area contributed by atoms with Crippen LogP contribution in [0.3, 0.4) is 0 Å². The summed E-state index contributed by atoms with van der Waals surface area (Å²) in [5.41, 5.74) is 0.450. The van der Waals surface area contributed by atoms with Gasteiger partial charge in [-0.15, -0.1) is 0 Å². The van der Waals surface area contributed by atoms with Crippen LogP contribution in [0.4, 0.5) is 0 Å². The Balaban J connectivity index is 2.13. The molecule has 0 spiro atoms. The van der Waals surface area contributed by atoms with Crippen molar-refractivity contribution in [3.8, 4) is 11.5 Å². The van der Waals surface area contributed by atoms with Crippen LogP contribution in [0.25, 0.3) is 0 Å². The number of carbonyl (C=O) groups excluding carboxylic acids is 2. The van der Waals surface area contributed by atoms with E-state index in [1.807, 2.05) is 0 Å². The molecule has 2 amide bonds. The number of halogens is 1. The van der Waals surface area contributed by atoms with Gasteiger partial charge in [-0.05, 0) is 25.0 Å². The third kappa shape index (κ3) is 3.69. The molecule has 0 bridgehead atoms. The van der Waals surface area contributed by atoms with Crippen molar-refractivity contribution in [1.29, 1.82) is 0 Å². The number of benzene rings is 1. The van der Waals surface area contributed by atoms with Gasteiger partial charge in [-0.3, -0.25) is 9.59 Å². The minimum atomic E-state index is -0.122. The first kappa shape index (κ1) is 17.4. The van der Waals surface area contributed by atoms with Crippen molar-refractivity contribution < 1.29 is 19.1 Å². The van der Waals surface area contributed by atoms with Crippen molar-refractivity contribution in [1.82, 2.24) is 10.2 Å². The lowest BCUT2D eigenvalue weighted by Gasteiger charge is -2.31. The number of hydrogen-bond acceptors (Lipinski definition) is 4. The lowest BCUT2D eigenvalue weighted by Crippen LogP contribution is -2.42. The first-order valence-electron chi connectivity index (χ1n) is 7.44. The highest BCUT2D eigenvalue weighted by molar-refractivity contribution is 6.32. The highest BCUT2D eigenvalue weighted by atomic mass is 35.5. The van der Waals surface area contributed by atoms with Crippen molar-refractivity contribution in [2.75, 3.05) is 34.4 Å². The fourth-order valence-corrected chi connectivity index (χ4v) is 3.06. The number of carbonyl (C=O) groups is 2. The van der Waals surface area contributed by atoms with Gasteiger partial charge in [-0.1, -0.05) is 11.6 Å². The van der Waals surface area contributed by atoms with E-state index in [0.717, 1.165) is 0 Å². The fourth-order valence-electron chi connectivity index (χ4n) is 2.77. The van der Waals surface area contributed by atoms with E-state index in [9.17, 15) is 9.59 Å². The second kappa shape index (κ2) is 7.55. The van der Waals surface area contributed by atoms with Crippen LogP contribution in [0.1, 0.15) is 23.2 Å². The predicted molar refractivity (Wildman–Crippen MR) is 87.3 cm³/mol. The second-order valence-electron chi connectivity index (χ2n) is 5.37. The maximum absolute atomic E-state index is 12.6. The van der Waals surface area contributed by atoms with Gasteiger partial charge >= 0.3 is 0 Å². The summed E-state index contributed by atoms with van der Waals surface area (Å²) in [6.45, 7) is 1.09. The quantitative estimate of drug-likeness (QED) is 0.909. The molecule has 0 radical (unpaired) electrons. The average Bonchev–Trinajstić information content (AvgIpc) is 2.59. The van der Waals surface area contributed by atoms with Crippen LogP contribution in [-0.4, -0.2) is 51.1 Å². The zero-order chi connectivity index (χ0) is 17.0. The largest absolute Gasteiger partial charge is 0.493 e. The van der Waals surface area contributed by atoms with Crippen molar-refractivity contribution >= 4 is 23.4 Å². The summed E-state index contributed by atoms with van der Waals surface area (Å²) >= 11 is 6.15. The summed E-state index contributed by atoms with van der Waals surface area (Å²) in [5.74, 6) is 0.708. The Kier molecular flexibility index (Phi) is 5.71. The van der Waals surface area contributed by atoms with Gasteiger partial charge in [-0.25, -0.2) is 0 Å². The van der Waals surface area contributed by atoms with Crippen LogP contribution in [0, 0.1) is 5.92 Å². The Hall–Kier alpha value is -1.95. The van der Waals surface area contributed by atoms with Crippen LogP contribution < -0.4 is 14.8 Å². The molecule has 1 fully saturated rings. The maximum Gasteiger partial charge on any atom is 0.254 e. The first-order chi connectivity index (χ1) is 11.0. The van der Waals surface area contributed by atoms with Gasteiger partial charge in [0.2, 0.25) is 5.91 Å². The molecular formula is C16H21ClN2O4. The van der Waals surface area contributed by atoms with Crippen molar-refractivity contribution in [3.63, 3.8) is 0 Å². The number of amides is 2. The molecule has 0 aliphatic carbocycles. The molecule has 1 saturated heterocycles. The number of methoxy groups -OCH3 is 2. The third-order valence-corrected chi connectivity index (χ3v) is 4.36. The van der Waals surface area contributed by atoms with Gasteiger partial charge < -0.3 is 19.7 Å². The zero-order valence-electron chi connectivity index (χ0n) is 13.5. The van der Waals surface area contributed by atoms with E-state index in [1.165, 1.54) is 14.2 Å². The molecule has 1 N–H and O–H groups in total. The lowest BCUT2D eigenvalue weighted by atomic mass is 9.95. The van der Waals surface area contributed by atoms with Crippen molar-refractivity contribution in [2.24, 2.45) is 5.92 Å². The van der Waals surface area contributed by atoms with E-state index in [-0.39, 0.29) is 17.7 Å². The molecule has 126 valence electrons. The van der Waals surface area contributed by atoms with Gasteiger partial charge in [0.05, 0.1) is 19.2 Å². The van der Waals surface area contributed by atoms with Gasteiger partial charge in [0.25, 0.3) is 5.91 Å². The Morgan fingerprint density at radius 2 is 1.87 bits per heavy atom. The number of rotatable bonds is 4. The number of likely N-dealkylation sites (tertiary alicyclic amines) is 1. The first-order valence-corrected chi connectivity index (χ1v) is 7.82. The number of nitrogens with one attached hydrogen (secondary N) is 1. The smallest absolute Gasteiger partial charge is 0.254 e. The van der Waals surface area contributed by atoms with E-state index < -0.39 is 0 Å². The van der Waals surface area contributed by atoms with Gasteiger partial charge in [0.15, 0.2) is 11.5 Å². The predicted octanol–water partition coefficient (Wildman–Crippen LogP) is 1.96. The molecule has 7 heteroatoms. The minimum Gasteiger partial charge on any atom is -0.493 e. The molecule has 0 saturated carbocycles. The molecule has 0 aromatic heterocycles. The second-order valence-corrected chi connectivity index (χ2v) is 5.78. The maximum atomic E-state index is 12.6. The molecule has 1 aliphatic heterocycles. The topological polar surface area (TPSA) is 67.9 Å². The van der Waals surface area contributed by atoms with E-state index in [4.69, 9.17) is 21.1 Å². The fraction of sp³-hybridized carbons (Fsp3) is 0.500. The standard InChI is InChI=1S/C16H21ClN2O4/c1-18-15(20)10-4-6-19(7-5-10)16(21)11-8-12(17)14(23-3)13(9-11)22-2/h8-10H,4-7H2,1-3H3,(H,18,20). The molecule has 1 aromatic rings. The van der Waals surface area contributed by atoms with Crippen molar-refractivity contribution in [2.45, 2.75) is 12.8 Å². The highest BCUT2D eigenvalue weighted by Crippen LogP contribution is 2.36. The minimum absolute atomic E-state index is 0.0296. The van der Waals surface area contributed by atoms with Gasteiger partial charge in [0, 0.05) is 31.6 Å². The van der Waals surface area contributed by atoms with Gasteiger partial charge in [0.1, 0.15) is 0 Å². The SMILES string of the molecule is CNC(=O)C1CCN(C(=O)c2cc(Cl)c(OC)c(OC)c2)CC1. The van der Waals surface area contributed by atoms with Crippen LogP contribution >= 0.6 is 11.6 Å². The zero-order valence-corrected chi connectivity index (χ0v) is 14.3. The molecule has 1 heterocycles. The summed E-state index contributed by atoms with van der Waals surface area (Å²) in [5, 5.41) is 2.98. The summed E-state index contributed by atoms with van der Waals surface area (Å²) in [4.78, 5) is 26.0. The molecule has 1 aromatic carbocycles. The van der Waals surface area contributed by atoms with E-state index in [1.54, 1.807) is 24.1 Å². The van der Waals surface area contributed by atoms with Crippen LogP contribution in [0.2, 0.25) is 5.02 Å². The molecule has 0 unspecified atom stereocenters. The van der Waals surface area contributed by atoms with E-state index >= 15 is 0 Å². The Morgan fingerprint density at radius 3 is 2.39 bits per heavy atom. The summed E-state index contributed by atoms with van der Waals surface area (Å²) < 4.78 is 10.4. The molecule has 1 aliphatic rings. The lowest BCUT2D eigenvalue weighted by molar-refractivity contribution is -0.125. The average molecular weight is 341 g/mol. The van der Waals surface area contributed by atoms with Crippen LogP contribution in [0.15, 0.2) is 12.1 Å². The summed E-state index contributed by atoms with van der Waals surface area (Å²) in [7, 11) is 4.62. The number of piperidine rings is 1. The number of ether oxygens (including phenoxy) is 2. The Labute approximate surface area is 140 Å². The molecule has 6 nitrogen and oxygen atoms in total. The molecule has 0 atom stereocenters. The molecule has 23 heavy (non-hydrogen) atoms. The van der Waals surface area contributed by atoms with E-state index in [0.29, 0.717) is 48.0 Å².